The molecule has 3 heterocycles. The number of nitrogens with one attached hydrogen (secondary N) is 1. The summed E-state index contributed by atoms with van der Waals surface area (Å²) in [5, 5.41) is 3.71. The van der Waals surface area contributed by atoms with Gasteiger partial charge in [-0.2, -0.15) is 4.98 Å². The van der Waals surface area contributed by atoms with Gasteiger partial charge in [0.15, 0.2) is 0 Å². The van der Waals surface area contributed by atoms with Crippen molar-refractivity contribution in [3.63, 3.8) is 0 Å². The van der Waals surface area contributed by atoms with Gasteiger partial charge in [-0.15, -0.1) is 0 Å². The molecule has 0 saturated carbocycles. The van der Waals surface area contributed by atoms with Crippen molar-refractivity contribution < 1.29 is 8.78 Å². The van der Waals surface area contributed by atoms with Crippen molar-refractivity contribution in [3.05, 3.63) is 70.9 Å². The molecule has 0 spiro atoms. The average molecular weight is 498 g/mol. The highest BCUT2D eigenvalue weighted by Gasteiger charge is 2.27. The third-order valence-corrected chi connectivity index (χ3v) is 7.42. The number of piperidine rings is 2. The molecule has 0 atom stereocenters. The molecule has 0 bridgehead atoms. The standard InChI is InChI=1S/C27H30ClF2N5/c28-23-8-3-2-7-20(23)21-17-32-27(33-26(21)31-18-22-24(29)9-6-10-25(22)30)35-15-11-19(12-16-35)34-13-4-1-5-14-34/h2-3,6-10,17,19H,1,4-5,11-16,18H2,(H,31,32,33). The van der Waals surface area contributed by atoms with E-state index in [-0.39, 0.29) is 12.1 Å². The van der Waals surface area contributed by atoms with Gasteiger partial charge in [0.1, 0.15) is 17.5 Å². The summed E-state index contributed by atoms with van der Waals surface area (Å²) >= 11 is 6.46. The molecule has 2 aromatic carbocycles. The summed E-state index contributed by atoms with van der Waals surface area (Å²) in [4.78, 5) is 14.3. The van der Waals surface area contributed by atoms with E-state index in [0.717, 1.165) is 31.5 Å². The highest BCUT2D eigenvalue weighted by molar-refractivity contribution is 6.33. The normalized spacial score (nSPS) is 17.5. The molecule has 35 heavy (non-hydrogen) atoms. The van der Waals surface area contributed by atoms with E-state index in [0.29, 0.717) is 28.4 Å². The van der Waals surface area contributed by atoms with Gasteiger partial charge < -0.3 is 15.1 Å². The number of nitrogens with zero attached hydrogens (tertiary/aromatic N) is 4. The van der Waals surface area contributed by atoms with E-state index >= 15 is 0 Å². The van der Waals surface area contributed by atoms with Crippen molar-refractivity contribution in [1.82, 2.24) is 14.9 Å². The first kappa shape index (κ1) is 23.9. The Morgan fingerprint density at radius 2 is 1.60 bits per heavy atom. The number of anilines is 2. The van der Waals surface area contributed by atoms with E-state index in [2.05, 4.69) is 20.1 Å². The molecule has 0 radical (unpaired) electrons. The van der Waals surface area contributed by atoms with Gasteiger partial charge in [0.25, 0.3) is 0 Å². The minimum atomic E-state index is -0.592. The number of hydrogen-bond acceptors (Lipinski definition) is 5. The molecular weight excluding hydrogens is 468 g/mol. The predicted molar refractivity (Wildman–Crippen MR) is 137 cm³/mol. The average Bonchev–Trinajstić information content (AvgIpc) is 2.89. The van der Waals surface area contributed by atoms with Crippen molar-refractivity contribution >= 4 is 23.4 Å². The molecule has 2 aliphatic rings. The first-order valence-corrected chi connectivity index (χ1v) is 12.8. The highest BCUT2D eigenvalue weighted by atomic mass is 35.5. The topological polar surface area (TPSA) is 44.3 Å². The van der Waals surface area contributed by atoms with Crippen LogP contribution in [0.25, 0.3) is 11.1 Å². The van der Waals surface area contributed by atoms with E-state index in [9.17, 15) is 8.78 Å². The van der Waals surface area contributed by atoms with Gasteiger partial charge in [0.05, 0.1) is 0 Å². The zero-order chi connectivity index (χ0) is 24.2. The SMILES string of the molecule is Fc1cccc(F)c1CNc1nc(N2CCC(N3CCCCC3)CC2)ncc1-c1ccccc1Cl. The minimum Gasteiger partial charge on any atom is -0.365 e. The number of aromatic nitrogens is 2. The van der Waals surface area contributed by atoms with Gasteiger partial charge in [-0.05, 0) is 57.0 Å². The Morgan fingerprint density at radius 3 is 2.31 bits per heavy atom. The Kier molecular flexibility index (Phi) is 7.44. The van der Waals surface area contributed by atoms with E-state index in [1.54, 1.807) is 12.3 Å². The van der Waals surface area contributed by atoms with Crippen LogP contribution in [0.3, 0.4) is 0 Å². The molecule has 5 rings (SSSR count). The van der Waals surface area contributed by atoms with Crippen molar-refractivity contribution in [2.24, 2.45) is 0 Å². The Hall–Kier alpha value is -2.77. The summed E-state index contributed by atoms with van der Waals surface area (Å²) < 4.78 is 28.5. The summed E-state index contributed by atoms with van der Waals surface area (Å²) in [7, 11) is 0. The fraction of sp³-hybridized carbons (Fsp3) is 0.407. The lowest BCUT2D eigenvalue weighted by Gasteiger charge is -2.40. The number of rotatable bonds is 6. The monoisotopic (exact) mass is 497 g/mol. The molecule has 1 N–H and O–H groups in total. The second-order valence-electron chi connectivity index (χ2n) is 9.28. The van der Waals surface area contributed by atoms with Crippen LogP contribution in [0, 0.1) is 11.6 Å². The van der Waals surface area contributed by atoms with Crippen molar-refractivity contribution in [3.8, 4) is 11.1 Å². The van der Waals surface area contributed by atoms with Crippen LogP contribution < -0.4 is 10.2 Å². The lowest BCUT2D eigenvalue weighted by Crippen LogP contribution is -2.47. The van der Waals surface area contributed by atoms with Gasteiger partial charge in [-0.3, -0.25) is 0 Å². The van der Waals surface area contributed by atoms with Gasteiger partial charge >= 0.3 is 0 Å². The largest absolute Gasteiger partial charge is 0.365 e. The molecule has 1 aromatic heterocycles. The smallest absolute Gasteiger partial charge is 0.227 e. The van der Waals surface area contributed by atoms with Crippen LogP contribution in [0.4, 0.5) is 20.5 Å². The first-order valence-electron chi connectivity index (χ1n) is 12.4. The molecule has 0 amide bonds. The number of halogens is 3. The summed E-state index contributed by atoms with van der Waals surface area (Å²) in [6, 6.07) is 11.9. The molecule has 3 aromatic rings. The van der Waals surface area contributed by atoms with Crippen molar-refractivity contribution in [2.45, 2.75) is 44.7 Å². The van der Waals surface area contributed by atoms with Gasteiger partial charge in [0, 0.05) is 53.6 Å². The highest BCUT2D eigenvalue weighted by Crippen LogP contribution is 2.34. The van der Waals surface area contributed by atoms with Crippen LogP contribution in [0.2, 0.25) is 5.02 Å². The van der Waals surface area contributed by atoms with Gasteiger partial charge in [-0.25, -0.2) is 13.8 Å². The van der Waals surface area contributed by atoms with E-state index in [1.165, 1.54) is 50.6 Å². The Labute approximate surface area is 210 Å². The summed E-state index contributed by atoms with van der Waals surface area (Å²) in [5.74, 6) is -0.0602. The maximum Gasteiger partial charge on any atom is 0.227 e. The van der Waals surface area contributed by atoms with Crippen LogP contribution >= 0.6 is 11.6 Å². The molecule has 184 valence electrons. The molecule has 2 fully saturated rings. The predicted octanol–water partition coefficient (Wildman–Crippen LogP) is 6.14. The van der Waals surface area contributed by atoms with E-state index in [4.69, 9.17) is 16.6 Å². The fourth-order valence-corrected chi connectivity index (χ4v) is 5.36. The maximum absolute atomic E-state index is 14.3. The lowest BCUT2D eigenvalue weighted by molar-refractivity contribution is 0.141. The van der Waals surface area contributed by atoms with Crippen LogP contribution in [-0.2, 0) is 6.54 Å². The minimum absolute atomic E-state index is 0.0277. The molecule has 2 saturated heterocycles. The maximum atomic E-state index is 14.3. The summed E-state index contributed by atoms with van der Waals surface area (Å²) in [6.07, 6.45) is 7.85. The zero-order valence-corrected chi connectivity index (χ0v) is 20.4. The summed E-state index contributed by atoms with van der Waals surface area (Å²) in [5.41, 5.74) is 1.43. The van der Waals surface area contributed by atoms with Crippen molar-refractivity contribution in [1.29, 1.82) is 0 Å². The molecular formula is C27H30ClF2N5. The molecule has 0 aliphatic carbocycles. The second-order valence-corrected chi connectivity index (χ2v) is 9.69. The summed E-state index contributed by atoms with van der Waals surface area (Å²) in [6.45, 7) is 4.13. The van der Waals surface area contributed by atoms with Crippen LogP contribution in [0.5, 0.6) is 0 Å². The van der Waals surface area contributed by atoms with Crippen LogP contribution in [-0.4, -0.2) is 47.1 Å². The Bertz CT molecular complexity index is 1140. The van der Waals surface area contributed by atoms with Crippen LogP contribution in [0.1, 0.15) is 37.7 Å². The first-order chi connectivity index (χ1) is 17.1. The number of likely N-dealkylation sites (tertiary alicyclic amines) is 1. The van der Waals surface area contributed by atoms with Gasteiger partial charge in [0.2, 0.25) is 5.95 Å². The molecule has 8 heteroatoms. The van der Waals surface area contributed by atoms with E-state index < -0.39 is 11.6 Å². The Balaban J connectivity index is 1.38. The molecule has 5 nitrogen and oxygen atoms in total. The lowest BCUT2D eigenvalue weighted by atomic mass is 10.00. The quantitative estimate of drug-likeness (QED) is 0.443. The molecule has 0 unspecified atom stereocenters. The third kappa shape index (κ3) is 5.41. The van der Waals surface area contributed by atoms with E-state index in [1.807, 2.05) is 18.2 Å². The Morgan fingerprint density at radius 1 is 0.886 bits per heavy atom. The zero-order valence-electron chi connectivity index (χ0n) is 19.7. The number of hydrogen-bond donors (Lipinski definition) is 1. The van der Waals surface area contributed by atoms with Crippen molar-refractivity contribution in [2.75, 3.05) is 36.4 Å². The third-order valence-electron chi connectivity index (χ3n) is 7.09. The van der Waals surface area contributed by atoms with Crippen LogP contribution in [0.15, 0.2) is 48.7 Å². The van der Waals surface area contributed by atoms with Gasteiger partial charge in [-0.1, -0.05) is 42.3 Å². The molecule has 2 aliphatic heterocycles. The second kappa shape index (κ2) is 10.9. The fourth-order valence-electron chi connectivity index (χ4n) is 5.12. The number of benzene rings is 2.